The number of benzene rings is 4. The highest BCUT2D eigenvalue weighted by molar-refractivity contribution is 5.72. The van der Waals surface area contributed by atoms with Gasteiger partial charge >= 0.3 is 0 Å². The quantitative estimate of drug-likeness (QED) is 0.0955. The van der Waals surface area contributed by atoms with Gasteiger partial charge < -0.3 is 0 Å². The van der Waals surface area contributed by atoms with Crippen LogP contribution < -0.4 is 9.05 Å². The lowest BCUT2D eigenvalue weighted by Gasteiger charge is -2.53. The highest BCUT2D eigenvalue weighted by Crippen LogP contribution is 2.54. The predicted octanol–water partition coefficient (Wildman–Crippen LogP) is 11.7. The Morgan fingerprint density at radius 3 is 2.08 bits per heavy atom. The van der Waals surface area contributed by atoms with Crippen LogP contribution in [0.15, 0.2) is 116 Å². The zero-order valence-corrected chi connectivity index (χ0v) is 33.7. The molecule has 53 heavy (non-hydrogen) atoms. The molecule has 1 fully saturated rings. The topological polar surface area (TPSA) is 8.81 Å². The molecule has 5 heterocycles. The number of imidazole rings is 1. The molecule has 4 nitrogen and oxygen atoms in total. The highest BCUT2D eigenvalue weighted by Gasteiger charge is 2.68. The van der Waals surface area contributed by atoms with Crippen molar-refractivity contribution in [2.45, 2.75) is 117 Å². The number of quaternary nitrogens is 2. The molecule has 4 aliphatic heterocycles. The van der Waals surface area contributed by atoms with Crippen molar-refractivity contribution in [2.75, 3.05) is 13.2 Å². The zero-order chi connectivity index (χ0) is 37.3. The molecule has 2 bridgehead atoms. The fourth-order valence-corrected chi connectivity index (χ4v) is 11.0. The smallest absolute Gasteiger partial charge is 0.224 e. The number of nitrogens with zero attached hydrogens (tertiary/aromatic N) is 4. The molecule has 0 saturated carbocycles. The van der Waals surface area contributed by atoms with Crippen LogP contribution in [0.1, 0.15) is 116 Å². The van der Waals surface area contributed by atoms with E-state index in [1.165, 1.54) is 56.1 Å². The molecule has 0 radical (unpaired) electrons. The van der Waals surface area contributed by atoms with Gasteiger partial charge in [0.05, 0.1) is 12.1 Å². The lowest BCUT2D eigenvalue weighted by Crippen LogP contribution is -2.77. The van der Waals surface area contributed by atoms with E-state index in [0.717, 1.165) is 47.9 Å². The Hall–Kier alpha value is -4.25. The molecule has 1 saturated heterocycles. The van der Waals surface area contributed by atoms with Crippen LogP contribution in [0.2, 0.25) is 0 Å². The van der Waals surface area contributed by atoms with Gasteiger partial charge in [0.25, 0.3) is 5.82 Å². The standard InChI is InChI=1S/C49H61N4/c1-10-48(9)49(11-2,27-26-39-22-16-19-25-45(39)53-31-30-52(12-3,34-53)37(53)8)44-24-18-17-23-41(44)47-50(28-29-51(47)48)46-42(35(4)5)32-40(33-43(46)36(6)7)38-20-14-13-15-21-38/h13-25,28-33,35-37H,10-12,26-27,34H2,1-9H3/q+3. The largest absolute Gasteiger partial charge is 0.294 e. The van der Waals surface area contributed by atoms with Crippen LogP contribution in [-0.4, -0.2) is 28.4 Å². The monoisotopic (exact) mass is 705 g/mol. The Labute approximate surface area is 319 Å². The maximum atomic E-state index is 2.69. The minimum Gasteiger partial charge on any atom is -0.224 e. The van der Waals surface area contributed by atoms with Crippen molar-refractivity contribution in [3.63, 3.8) is 0 Å². The number of para-hydroxylation sites is 1. The molecule has 5 unspecified atom stereocenters. The molecule has 4 aromatic carbocycles. The number of hydrogen-bond donors (Lipinski definition) is 0. The Bertz CT molecular complexity index is 2160. The molecule has 0 spiro atoms. The summed E-state index contributed by atoms with van der Waals surface area (Å²) in [6.07, 6.45) is 14.6. The summed E-state index contributed by atoms with van der Waals surface area (Å²) in [6.45, 7) is 24.0. The van der Waals surface area contributed by atoms with Crippen molar-refractivity contribution in [1.82, 2.24) is 9.05 Å². The molecule has 0 amide bonds. The zero-order valence-electron chi connectivity index (χ0n) is 33.7. The fraction of sp³-hybridized carbons (Fsp3) is 0.408. The number of aromatic nitrogens is 2. The minimum atomic E-state index is -0.121. The van der Waals surface area contributed by atoms with E-state index in [1.54, 1.807) is 0 Å². The second-order valence-corrected chi connectivity index (χ2v) is 17.2. The first-order valence-electron chi connectivity index (χ1n) is 20.5. The van der Waals surface area contributed by atoms with E-state index in [2.05, 4.69) is 187 Å². The Morgan fingerprint density at radius 2 is 1.45 bits per heavy atom. The molecule has 4 aliphatic rings. The Kier molecular flexibility index (Phi) is 8.74. The minimum absolute atomic E-state index is 0.0428. The van der Waals surface area contributed by atoms with E-state index in [4.69, 9.17) is 0 Å². The number of rotatable bonds is 11. The SMILES string of the molecule is CCC1(CCc2ccccc2[N+]23C=C[N+](CC)(C2)C3C)c2ccccc2-c2n(-c3c(C(C)C)cc(-c4ccccc4)cc3C(C)C)cc[n+]2C1(C)CC. The summed E-state index contributed by atoms with van der Waals surface area (Å²) < 4.78 is 7.36. The molecule has 274 valence electrons. The summed E-state index contributed by atoms with van der Waals surface area (Å²) in [7, 11) is 0. The van der Waals surface area contributed by atoms with E-state index in [1.807, 2.05) is 0 Å². The van der Waals surface area contributed by atoms with Crippen LogP contribution in [0.25, 0.3) is 28.2 Å². The van der Waals surface area contributed by atoms with Gasteiger partial charge in [-0.05, 0) is 86.3 Å². The van der Waals surface area contributed by atoms with Gasteiger partial charge in [-0.1, -0.05) is 108 Å². The molecule has 0 aliphatic carbocycles. The normalized spacial score (nSPS) is 26.9. The van der Waals surface area contributed by atoms with E-state index in [-0.39, 0.29) is 11.0 Å². The van der Waals surface area contributed by atoms with Crippen LogP contribution in [0, 0.1) is 0 Å². The number of fused-ring (bicyclic) bond motifs is 3. The summed E-state index contributed by atoms with van der Waals surface area (Å²) >= 11 is 0. The first-order chi connectivity index (χ1) is 25.5. The lowest BCUT2D eigenvalue weighted by atomic mass is 9.57. The third-order valence-corrected chi connectivity index (χ3v) is 14.5. The molecule has 1 aromatic heterocycles. The van der Waals surface area contributed by atoms with E-state index >= 15 is 0 Å². The van der Waals surface area contributed by atoms with E-state index in [0.29, 0.717) is 18.0 Å². The third-order valence-electron chi connectivity index (χ3n) is 14.5. The average Bonchev–Trinajstić information content (AvgIpc) is 3.90. The number of hydrogen-bond acceptors (Lipinski definition) is 0. The Morgan fingerprint density at radius 1 is 0.792 bits per heavy atom. The van der Waals surface area contributed by atoms with Gasteiger partial charge in [0, 0.05) is 35.1 Å². The van der Waals surface area contributed by atoms with Gasteiger partial charge in [0.15, 0.2) is 12.4 Å². The fourth-order valence-electron chi connectivity index (χ4n) is 11.0. The second-order valence-electron chi connectivity index (χ2n) is 17.2. The first-order valence-corrected chi connectivity index (χ1v) is 20.5. The predicted molar refractivity (Wildman–Crippen MR) is 222 cm³/mol. The second kappa shape index (κ2) is 13.0. The molecular formula is C49H61N4+3. The summed E-state index contributed by atoms with van der Waals surface area (Å²) in [5, 5.41) is 0. The highest BCUT2D eigenvalue weighted by atomic mass is 15.7. The van der Waals surface area contributed by atoms with Gasteiger partial charge in [0.2, 0.25) is 12.8 Å². The maximum Gasteiger partial charge on any atom is 0.294 e. The van der Waals surface area contributed by atoms with Gasteiger partial charge in [-0.25, -0.2) is 4.57 Å². The number of aryl methyl sites for hydroxylation is 1. The van der Waals surface area contributed by atoms with Crippen LogP contribution in [-0.2, 0) is 17.4 Å². The van der Waals surface area contributed by atoms with Crippen molar-refractivity contribution in [3.8, 4) is 28.2 Å². The summed E-state index contributed by atoms with van der Waals surface area (Å²) in [6, 6.07) is 34.7. The molecule has 9 rings (SSSR count). The summed E-state index contributed by atoms with van der Waals surface area (Å²) in [5.41, 5.74) is 12.5. The molecule has 4 heteroatoms. The van der Waals surface area contributed by atoms with Crippen LogP contribution in [0.5, 0.6) is 0 Å². The van der Waals surface area contributed by atoms with E-state index < -0.39 is 0 Å². The molecule has 5 atom stereocenters. The van der Waals surface area contributed by atoms with Gasteiger partial charge in [0.1, 0.15) is 29.3 Å². The lowest BCUT2D eigenvalue weighted by molar-refractivity contribution is -0.957. The summed E-state index contributed by atoms with van der Waals surface area (Å²) in [4.78, 5) is 0. The third kappa shape index (κ3) is 4.97. The van der Waals surface area contributed by atoms with Crippen molar-refractivity contribution in [2.24, 2.45) is 0 Å². The van der Waals surface area contributed by atoms with Crippen molar-refractivity contribution in [3.05, 3.63) is 138 Å². The average molecular weight is 706 g/mol. The van der Waals surface area contributed by atoms with Gasteiger partial charge in [-0.15, -0.1) is 0 Å². The summed E-state index contributed by atoms with van der Waals surface area (Å²) in [5.74, 6) is 2.05. The van der Waals surface area contributed by atoms with Gasteiger partial charge in [-0.3, -0.25) is 0 Å². The van der Waals surface area contributed by atoms with Crippen LogP contribution in [0.3, 0.4) is 0 Å². The van der Waals surface area contributed by atoms with Crippen LogP contribution in [0.4, 0.5) is 5.69 Å². The first kappa shape index (κ1) is 35.8. The molecule has 0 N–H and O–H groups in total. The van der Waals surface area contributed by atoms with E-state index in [9.17, 15) is 0 Å². The molecular weight excluding hydrogens is 645 g/mol. The van der Waals surface area contributed by atoms with Crippen molar-refractivity contribution >= 4 is 5.69 Å². The van der Waals surface area contributed by atoms with Crippen molar-refractivity contribution < 1.29 is 9.05 Å². The maximum absolute atomic E-state index is 2.69. The van der Waals surface area contributed by atoms with Crippen molar-refractivity contribution in [1.29, 1.82) is 0 Å². The van der Waals surface area contributed by atoms with Gasteiger partial charge in [-0.2, -0.15) is 13.5 Å². The molecule has 5 aromatic rings. The Balaban J connectivity index is 1.27. The van der Waals surface area contributed by atoms with Crippen LogP contribution >= 0.6 is 0 Å².